The van der Waals surface area contributed by atoms with Gasteiger partial charge in [-0.25, -0.2) is 0 Å². The molecule has 0 spiro atoms. The first kappa shape index (κ1) is 113. The summed E-state index contributed by atoms with van der Waals surface area (Å²) in [6.45, 7) is 0. The molecule has 0 aliphatic rings. The summed E-state index contributed by atoms with van der Waals surface area (Å²) in [6, 6.07) is 0. The first-order valence-corrected chi connectivity index (χ1v) is 17.5. The Kier molecular flexibility index (Phi) is 134. The predicted octanol–water partition coefficient (Wildman–Crippen LogP) is -24.9. The molecule has 32 nitrogen and oxygen atoms in total. The van der Waals surface area contributed by atoms with E-state index in [2.05, 4.69) is 0 Å². The van der Waals surface area contributed by atoms with Gasteiger partial charge < -0.3 is 154 Å². The molecule has 256 valence electrons. The van der Waals surface area contributed by atoms with Gasteiger partial charge in [0.15, 0.2) is 0 Å². The SMILES string of the molecule is O=P([O-])([O-])[O-].O=P([O-])([O-])[O-].O=P([O-])([O-])[O-].O=P([O-])([O-])[O-].O=P([O-])([O-])[O-].O=P([O-])([O-])[O-].O=P([O-])([O-])[O-].O=P([O-])([O-])[O-].[Ba+2].[Ba+2].[Ba+2].[Ca+2].[Ca+2].[Ca+2].[Zr+4].[Zr+4].[Zr+4]. The zero-order valence-electron chi connectivity index (χ0n) is 22.4. The number of hydrogen-bond donors (Lipinski definition) is 0. The molecule has 49 heavy (non-hydrogen) atoms. The maximum atomic E-state index is 8.55. The summed E-state index contributed by atoms with van der Waals surface area (Å²) in [6.07, 6.45) is 0. The molecule has 0 unspecified atom stereocenters. The molecule has 0 heterocycles. The predicted molar refractivity (Wildman–Crippen MR) is 95.4 cm³/mol. The van der Waals surface area contributed by atoms with Crippen molar-refractivity contribution in [2.45, 2.75) is 0 Å². The first-order valence-electron chi connectivity index (χ1n) is 5.84. The van der Waals surface area contributed by atoms with Crippen LogP contribution in [0.25, 0.3) is 0 Å². The van der Waals surface area contributed by atoms with Crippen LogP contribution in [-0.4, -0.2) is 260 Å². The van der Waals surface area contributed by atoms with Crippen LogP contribution in [0.5, 0.6) is 0 Å². The summed E-state index contributed by atoms with van der Waals surface area (Å²) >= 11 is 0. The van der Waals surface area contributed by atoms with Crippen molar-refractivity contribution in [3.63, 3.8) is 0 Å². The van der Waals surface area contributed by atoms with E-state index < -0.39 is 62.6 Å². The Labute approximate surface area is 541 Å². The van der Waals surface area contributed by atoms with Gasteiger partial charge in [-0.05, 0) is 0 Å². The van der Waals surface area contributed by atoms with Crippen LogP contribution in [0.1, 0.15) is 0 Å². The molecule has 0 rings (SSSR count). The third-order valence-corrected chi connectivity index (χ3v) is 0. The minimum Gasteiger partial charge on any atom is -0.822 e. The van der Waals surface area contributed by atoms with E-state index in [4.69, 9.17) is 154 Å². The monoisotopic (exact) mass is 1560 g/mol. The zero-order valence-corrected chi connectivity index (χ0v) is 56.9. The third-order valence-electron chi connectivity index (χ3n) is 0. The Bertz CT molecular complexity index is 686. The zero-order chi connectivity index (χ0) is 36.0. The topological polar surface area (TPSA) is 690 Å². The molecular weight excluding hydrogens is 1570 g/mol. The van der Waals surface area contributed by atoms with Crippen molar-refractivity contribution in [3.8, 4) is 0 Å². The van der Waals surface area contributed by atoms with Crippen LogP contribution in [0.15, 0.2) is 0 Å². The molecule has 0 atom stereocenters. The molecule has 0 bridgehead atoms. The maximum absolute atomic E-state index is 8.55. The van der Waals surface area contributed by atoms with Crippen LogP contribution in [0, 0.1) is 0 Å². The second-order valence-electron chi connectivity index (χ2n) is 3.58. The molecule has 0 aromatic rings. The van der Waals surface area contributed by atoms with E-state index in [1.807, 2.05) is 0 Å². The molecule has 0 N–H and O–H groups in total. The van der Waals surface area contributed by atoms with Crippen LogP contribution in [0.4, 0.5) is 0 Å². The smallest absolute Gasteiger partial charge is 0.822 e. The normalized spacial score (nSPS) is 9.63. The first-order chi connectivity index (χ1) is 16.0. The van der Waals surface area contributed by atoms with Crippen molar-refractivity contribution < 1.29 is 233 Å². The Morgan fingerprint density at radius 3 is 0.184 bits per heavy atom. The molecule has 49 heteroatoms. The molecule has 0 aromatic carbocycles. The van der Waals surface area contributed by atoms with Crippen LogP contribution < -0.4 is 117 Å². The summed E-state index contributed by atoms with van der Waals surface area (Å²) in [7, 11) is -43.1. The van der Waals surface area contributed by atoms with E-state index in [0.29, 0.717) is 0 Å². The summed E-state index contributed by atoms with van der Waals surface area (Å²) < 4.78 is 68.4. The maximum Gasteiger partial charge on any atom is 4.00 e. The van der Waals surface area contributed by atoms with E-state index >= 15 is 0 Å². The molecule has 0 radical (unpaired) electrons. The van der Waals surface area contributed by atoms with E-state index in [1.165, 1.54) is 0 Å². The molecular formula is Ba3Ca3O32P8Zr3. The second kappa shape index (κ2) is 58.0. The van der Waals surface area contributed by atoms with Gasteiger partial charge in [0.25, 0.3) is 0 Å². The fraction of sp³-hybridized carbons (Fsp3) is 0. The molecule has 0 aliphatic heterocycles. The van der Waals surface area contributed by atoms with E-state index in [1.54, 1.807) is 0 Å². The van der Waals surface area contributed by atoms with Crippen molar-refractivity contribution in [3.05, 3.63) is 0 Å². The molecule has 0 saturated heterocycles. The van der Waals surface area contributed by atoms with Gasteiger partial charge in [0.1, 0.15) is 0 Å². The molecule has 0 aromatic heterocycles. The van der Waals surface area contributed by atoms with Gasteiger partial charge >= 0.3 is 338 Å². The third kappa shape index (κ3) is 1400. The van der Waals surface area contributed by atoms with Gasteiger partial charge in [0.05, 0.1) is 0 Å². The Morgan fingerprint density at radius 1 is 0.184 bits per heavy atom. The molecule has 0 saturated carbocycles. The molecule has 0 amide bonds. The largest absolute Gasteiger partial charge is 4.00 e. The van der Waals surface area contributed by atoms with Crippen molar-refractivity contribution in [1.29, 1.82) is 0 Å². The van der Waals surface area contributed by atoms with Crippen LogP contribution in [0.2, 0.25) is 0 Å². The van der Waals surface area contributed by atoms with Crippen molar-refractivity contribution in [1.82, 2.24) is 0 Å². The standard InChI is InChI=1S/3Ba.3Ca.8H3O4P.3Zr/c;;;;;;8*1-5(2,3)4;;;/h;;;;;;8*(H3,1,2,3,4);;;/q6*+2;;;;;;;;;3*+4/p-24. The van der Waals surface area contributed by atoms with Crippen molar-refractivity contribution >= 4 is 322 Å². The minimum atomic E-state index is -5.39. The van der Waals surface area contributed by atoms with Gasteiger partial charge in [0, 0.05) is 0 Å². The Balaban J connectivity index is -0.0000000155. The van der Waals surface area contributed by atoms with Crippen LogP contribution >= 0.6 is 62.6 Å². The Morgan fingerprint density at radius 2 is 0.184 bits per heavy atom. The van der Waals surface area contributed by atoms with Gasteiger partial charge in [-0.15, -0.1) is 0 Å². The average Bonchev–Trinajstić information content (AvgIpc) is 2.16. The average molecular weight is 1570 g/mol. The van der Waals surface area contributed by atoms with Crippen molar-refractivity contribution in [2.75, 3.05) is 0 Å². The Hall–Kier alpha value is 12.0. The van der Waals surface area contributed by atoms with Gasteiger partial charge in [-0.2, -0.15) is 62.6 Å². The molecule has 0 aliphatic carbocycles. The van der Waals surface area contributed by atoms with E-state index in [-0.39, 0.29) is 338 Å². The van der Waals surface area contributed by atoms with Gasteiger partial charge in [-0.3, -0.25) is 0 Å². The fourth-order valence-corrected chi connectivity index (χ4v) is 0. The number of phosphoric acid groups is 8. The van der Waals surface area contributed by atoms with E-state index in [0.717, 1.165) is 0 Å². The van der Waals surface area contributed by atoms with Gasteiger partial charge in [0.2, 0.25) is 0 Å². The van der Waals surface area contributed by atoms with Crippen LogP contribution in [-0.2, 0) is 115 Å². The number of hydrogen-bond acceptors (Lipinski definition) is 32. The second-order valence-corrected chi connectivity index (χ2v) is 10.7. The molecule has 0 fully saturated rings. The number of rotatable bonds is 0. The summed E-state index contributed by atoms with van der Waals surface area (Å²) in [5, 5.41) is 0. The fourth-order valence-electron chi connectivity index (χ4n) is 0. The van der Waals surface area contributed by atoms with Crippen molar-refractivity contribution in [2.24, 2.45) is 0 Å². The summed E-state index contributed by atoms with van der Waals surface area (Å²) in [5.74, 6) is 0. The minimum absolute atomic E-state index is 0. The van der Waals surface area contributed by atoms with Crippen LogP contribution in [0.3, 0.4) is 0 Å². The summed E-state index contributed by atoms with van der Waals surface area (Å²) in [4.78, 5) is 205. The quantitative estimate of drug-likeness (QED) is 0.160. The van der Waals surface area contributed by atoms with Gasteiger partial charge in [-0.1, -0.05) is 0 Å². The summed E-state index contributed by atoms with van der Waals surface area (Å²) in [5.41, 5.74) is 0. The van der Waals surface area contributed by atoms with E-state index in [9.17, 15) is 0 Å².